The van der Waals surface area contributed by atoms with Gasteiger partial charge in [-0.2, -0.15) is 4.99 Å². The molecule has 0 saturated heterocycles. The summed E-state index contributed by atoms with van der Waals surface area (Å²) < 4.78 is 19.4. The predicted molar refractivity (Wildman–Crippen MR) is 119 cm³/mol. The lowest BCUT2D eigenvalue weighted by atomic mass is 10.0. The maximum Gasteiger partial charge on any atom is 0.284 e. The molecule has 4 rings (SSSR count). The summed E-state index contributed by atoms with van der Waals surface area (Å²) in [6.45, 7) is 2.36. The number of amides is 1. The van der Waals surface area contributed by atoms with Crippen molar-refractivity contribution in [2.24, 2.45) is 12.0 Å². The molecule has 0 N–H and O–H groups in total. The fraction of sp³-hybridized carbons (Fsp3) is 0.217. The van der Waals surface area contributed by atoms with Crippen molar-refractivity contribution in [1.82, 2.24) is 4.57 Å². The molecule has 0 spiro atoms. The van der Waals surface area contributed by atoms with Gasteiger partial charge >= 0.3 is 0 Å². The van der Waals surface area contributed by atoms with Gasteiger partial charge in [0.15, 0.2) is 16.3 Å². The van der Waals surface area contributed by atoms with Crippen molar-refractivity contribution in [1.29, 1.82) is 0 Å². The second-order valence-corrected chi connectivity index (χ2v) is 7.64. The Morgan fingerprint density at radius 1 is 1.03 bits per heavy atom. The Morgan fingerprint density at radius 2 is 1.77 bits per heavy atom. The zero-order chi connectivity index (χ0) is 21.3. The number of hydrogen-bond donors (Lipinski definition) is 0. The van der Waals surface area contributed by atoms with Crippen LogP contribution in [0.4, 0.5) is 0 Å². The molecule has 0 unspecified atom stereocenters. The smallest absolute Gasteiger partial charge is 0.284 e. The molecule has 0 fully saturated rings. The Bertz CT molecular complexity index is 1320. The van der Waals surface area contributed by atoms with Gasteiger partial charge in [-0.15, -0.1) is 0 Å². The lowest BCUT2D eigenvalue weighted by Gasteiger charge is -2.10. The zero-order valence-electron chi connectivity index (χ0n) is 17.3. The topological polar surface area (TPSA) is 62.1 Å². The summed E-state index contributed by atoms with van der Waals surface area (Å²) in [4.78, 5) is 18.3. The van der Waals surface area contributed by atoms with Gasteiger partial charge in [0.2, 0.25) is 0 Å². The SMILES string of the molecule is CCOc1ccc2ccccc2c1C(=O)N=c1sc2cc(OC)c(OC)cc2n1C. The van der Waals surface area contributed by atoms with E-state index in [1.54, 1.807) is 14.2 Å². The van der Waals surface area contributed by atoms with Gasteiger partial charge < -0.3 is 18.8 Å². The van der Waals surface area contributed by atoms with Crippen LogP contribution < -0.4 is 19.0 Å². The summed E-state index contributed by atoms with van der Waals surface area (Å²) >= 11 is 1.42. The van der Waals surface area contributed by atoms with E-state index in [1.807, 2.05) is 67.1 Å². The highest BCUT2D eigenvalue weighted by atomic mass is 32.1. The highest BCUT2D eigenvalue weighted by Crippen LogP contribution is 2.33. The molecule has 6 nitrogen and oxygen atoms in total. The average molecular weight is 423 g/mol. The Labute approximate surface area is 178 Å². The number of benzene rings is 3. The maximum absolute atomic E-state index is 13.3. The third kappa shape index (κ3) is 3.41. The fourth-order valence-electron chi connectivity index (χ4n) is 3.45. The van der Waals surface area contributed by atoms with Crippen LogP contribution in [0.2, 0.25) is 0 Å². The van der Waals surface area contributed by atoms with Gasteiger partial charge in [-0.25, -0.2) is 0 Å². The normalized spacial score (nSPS) is 11.8. The molecule has 154 valence electrons. The number of rotatable bonds is 5. The predicted octanol–water partition coefficient (Wildman–Crippen LogP) is 4.55. The minimum absolute atomic E-state index is 0.337. The van der Waals surface area contributed by atoms with Crippen LogP contribution in [-0.2, 0) is 7.05 Å². The van der Waals surface area contributed by atoms with Crippen molar-refractivity contribution in [3.05, 3.63) is 58.9 Å². The van der Waals surface area contributed by atoms with Crippen LogP contribution in [0.25, 0.3) is 21.0 Å². The monoisotopic (exact) mass is 422 g/mol. The Kier molecular flexibility index (Phi) is 5.46. The molecule has 1 aromatic heterocycles. The number of carbonyl (C=O) groups is 1. The molecule has 0 aliphatic carbocycles. The lowest BCUT2D eigenvalue weighted by Crippen LogP contribution is -2.14. The van der Waals surface area contributed by atoms with E-state index in [-0.39, 0.29) is 5.91 Å². The third-order valence-corrected chi connectivity index (χ3v) is 6.01. The molecule has 0 atom stereocenters. The number of nitrogens with zero attached hydrogens (tertiary/aromatic N) is 2. The molecule has 0 aliphatic rings. The van der Waals surface area contributed by atoms with Crippen LogP contribution in [0.1, 0.15) is 17.3 Å². The first-order chi connectivity index (χ1) is 14.6. The number of fused-ring (bicyclic) bond motifs is 2. The molecule has 1 heterocycles. The summed E-state index contributed by atoms with van der Waals surface area (Å²) in [5.41, 5.74) is 1.38. The van der Waals surface area contributed by atoms with Crippen molar-refractivity contribution in [3.63, 3.8) is 0 Å². The number of hydrogen-bond acceptors (Lipinski definition) is 5. The van der Waals surface area contributed by atoms with Crippen LogP contribution >= 0.6 is 11.3 Å². The Hall–Kier alpha value is -3.32. The van der Waals surface area contributed by atoms with E-state index in [4.69, 9.17) is 14.2 Å². The highest BCUT2D eigenvalue weighted by molar-refractivity contribution is 7.16. The highest BCUT2D eigenvalue weighted by Gasteiger charge is 2.17. The van der Waals surface area contributed by atoms with Gasteiger partial charge in [0.25, 0.3) is 5.91 Å². The summed E-state index contributed by atoms with van der Waals surface area (Å²) in [7, 11) is 5.08. The van der Waals surface area contributed by atoms with Crippen LogP contribution in [0.15, 0.2) is 53.5 Å². The molecule has 0 saturated carbocycles. The van der Waals surface area contributed by atoms with Gasteiger partial charge in [0, 0.05) is 19.2 Å². The van der Waals surface area contributed by atoms with Gasteiger partial charge in [-0.1, -0.05) is 41.7 Å². The number of thiazole rings is 1. The van der Waals surface area contributed by atoms with Gasteiger partial charge in [-0.3, -0.25) is 4.79 Å². The molecule has 30 heavy (non-hydrogen) atoms. The number of aromatic nitrogens is 1. The first kappa shape index (κ1) is 20.0. The van der Waals surface area contributed by atoms with Crippen LogP contribution in [0.3, 0.4) is 0 Å². The summed E-state index contributed by atoms with van der Waals surface area (Å²) in [6.07, 6.45) is 0. The van der Waals surface area contributed by atoms with E-state index in [9.17, 15) is 4.79 Å². The van der Waals surface area contributed by atoms with Crippen LogP contribution in [0.5, 0.6) is 17.2 Å². The van der Waals surface area contributed by atoms with E-state index >= 15 is 0 Å². The van der Waals surface area contributed by atoms with E-state index in [1.165, 1.54) is 11.3 Å². The Balaban J connectivity index is 1.90. The van der Waals surface area contributed by atoms with Crippen LogP contribution in [-0.4, -0.2) is 31.3 Å². The molecular formula is C23H22N2O4S. The van der Waals surface area contributed by atoms with E-state index < -0.39 is 0 Å². The second-order valence-electron chi connectivity index (χ2n) is 6.63. The van der Waals surface area contributed by atoms with Crippen molar-refractivity contribution >= 4 is 38.2 Å². The lowest BCUT2D eigenvalue weighted by molar-refractivity contribution is 0.0996. The quantitative estimate of drug-likeness (QED) is 0.473. The first-order valence-corrected chi connectivity index (χ1v) is 10.3. The molecule has 0 aliphatic heterocycles. The number of aryl methyl sites for hydroxylation is 1. The van der Waals surface area contributed by atoms with E-state index in [0.717, 1.165) is 21.0 Å². The standard InChI is InChI=1S/C23H22N2O4S/c1-5-29-17-11-10-14-8-6-7-9-15(14)21(17)22(26)24-23-25(2)16-12-18(27-3)19(28-4)13-20(16)30-23/h6-13H,5H2,1-4H3. The number of methoxy groups -OCH3 is 2. The van der Waals surface area contributed by atoms with Gasteiger partial charge in [0.1, 0.15) is 5.75 Å². The third-order valence-electron chi connectivity index (χ3n) is 4.92. The molecule has 3 aromatic carbocycles. The second kappa shape index (κ2) is 8.20. The first-order valence-electron chi connectivity index (χ1n) is 9.52. The van der Waals surface area contributed by atoms with E-state index in [0.29, 0.717) is 34.2 Å². The van der Waals surface area contributed by atoms with Gasteiger partial charge in [0.05, 0.1) is 36.6 Å². The van der Waals surface area contributed by atoms with Crippen molar-refractivity contribution < 1.29 is 19.0 Å². The molecule has 0 bridgehead atoms. The largest absolute Gasteiger partial charge is 0.493 e. The maximum atomic E-state index is 13.3. The van der Waals surface area contributed by atoms with Crippen molar-refractivity contribution in [3.8, 4) is 17.2 Å². The van der Waals surface area contributed by atoms with Crippen molar-refractivity contribution in [2.45, 2.75) is 6.92 Å². The Morgan fingerprint density at radius 3 is 2.50 bits per heavy atom. The summed E-state index contributed by atoms with van der Waals surface area (Å²) in [5, 5.41) is 1.79. The molecule has 7 heteroatoms. The minimum Gasteiger partial charge on any atom is -0.493 e. The molecule has 0 radical (unpaired) electrons. The average Bonchev–Trinajstić information content (AvgIpc) is 3.06. The van der Waals surface area contributed by atoms with Crippen LogP contribution in [0, 0.1) is 0 Å². The number of ether oxygens (including phenoxy) is 3. The molecule has 1 amide bonds. The molecular weight excluding hydrogens is 400 g/mol. The number of carbonyl (C=O) groups excluding carboxylic acids is 1. The fourth-order valence-corrected chi connectivity index (χ4v) is 4.48. The molecule has 4 aromatic rings. The van der Waals surface area contributed by atoms with E-state index in [2.05, 4.69) is 4.99 Å². The van der Waals surface area contributed by atoms with Crippen molar-refractivity contribution in [2.75, 3.05) is 20.8 Å². The summed E-state index contributed by atoms with van der Waals surface area (Å²) in [5.74, 6) is 1.47. The van der Waals surface area contributed by atoms with Gasteiger partial charge in [-0.05, 0) is 23.8 Å². The zero-order valence-corrected chi connectivity index (χ0v) is 18.1. The minimum atomic E-state index is -0.337. The summed E-state index contributed by atoms with van der Waals surface area (Å²) in [6, 6.07) is 15.3.